The van der Waals surface area contributed by atoms with Crippen LogP contribution in [-0.4, -0.2) is 17.4 Å². The molecule has 0 unspecified atom stereocenters. The molecule has 0 bridgehead atoms. The summed E-state index contributed by atoms with van der Waals surface area (Å²) in [6.07, 6.45) is 0.993. The largest absolute Gasteiger partial charge is 0.338 e. The zero-order valence-corrected chi connectivity index (χ0v) is 10.3. The average molecular weight is 217 g/mol. The molecule has 0 aliphatic carbocycles. The van der Waals surface area contributed by atoms with E-state index in [9.17, 15) is 4.79 Å². The van der Waals surface area contributed by atoms with Gasteiger partial charge in [-0.2, -0.15) is 0 Å². The second-order valence-corrected chi connectivity index (χ2v) is 4.87. The molecule has 1 heterocycles. The molecule has 2 heteroatoms. The van der Waals surface area contributed by atoms with Crippen LogP contribution in [0, 0.1) is 0 Å². The van der Waals surface area contributed by atoms with Crippen LogP contribution in [0.25, 0.3) is 0 Å². The van der Waals surface area contributed by atoms with E-state index in [1.54, 1.807) is 6.92 Å². The van der Waals surface area contributed by atoms with Gasteiger partial charge in [-0.3, -0.25) is 4.79 Å². The fourth-order valence-corrected chi connectivity index (χ4v) is 2.20. The Kier molecular flexibility index (Phi) is 2.99. The Morgan fingerprint density at radius 1 is 1.31 bits per heavy atom. The number of rotatable bonds is 1. The van der Waals surface area contributed by atoms with Crippen molar-refractivity contribution in [3.63, 3.8) is 0 Å². The number of carbonyl (C=O) groups is 1. The van der Waals surface area contributed by atoms with Crippen LogP contribution in [0.4, 0.5) is 0 Å². The quantitative estimate of drug-likeness (QED) is 0.708. The van der Waals surface area contributed by atoms with Crippen LogP contribution in [0.1, 0.15) is 43.4 Å². The average Bonchev–Trinajstić information content (AvgIpc) is 2.27. The predicted octanol–water partition coefficient (Wildman–Crippen LogP) is 2.71. The highest BCUT2D eigenvalue weighted by Crippen LogP contribution is 2.23. The minimum atomic E-state index is 0.181. The number of amides is 1. The van der Waals surface area contributed by atoms with Crippen molar-refractivity contribution in [2.24, 2.45) is 0 Å². The molecule has 2 rings (SSSR count). The van der Waals surface area contributed by atoms with Crippen LogP contribution >= 0.6 is 0 Å². The Morgan fingerprint density at radius 2 is 2.06 bits per heavy atom. The normalized spacial score (nSPS) is 15.1. The highest BCUT2D eigenvalue weighted by atomic mass is 16.2. The van der Waals surface area contributed by atoms with Gasteiger partial charge in [0.15, 0.2) is 0 Å². The van der Waals surface area contributed by atoms with Crippen LogP contribution in [0.15, 0.2) is 18.2 Å². The van der Waals surface area contributed by atoms with Gasteiger partial charge in [-0.15, -0.1) is 0 Å². The Balaban J connectivity index is 2.28. The molecule has 0 saturated carbocycles. The molecule has 0 radical (unpaired) electrons. The fourth-order valence-electron chi connectivity index (χ4n) is 2.20. The molecule has 0 saturated heterocycles. The molecule has 1 amide bonds. The first-order valence-electron chi connectivity index (χ1n) is 5.95. The van der Waals surface area contributed by atoms with E-state index in [1.807, 2.05) is 4.90 Å². The summed E-state index contributed by atoms with van der Waals surface area (Å²) < 4.78 is 0. The molecule has 1 aromatic rings. The van der Waals surface area contributed by atoms with Crippen molar-refractivity contribution in [1.82, 2.24) is 4.90 Å². The zero-order valence-electron chi connectivity index (χ0n) is 10.3. The van der Waals surface area contributed by atoms with Crippen LogP contribution in [0.5, 0.6) is 0 Å². The summed E-state index contributed by atoms with van der Waals surface area (Å²) in [6.45, 7) is 7.70. The Labute approximate surface area is 97.3 Å². The summed E-state index contributed by atoms with van der Waals surface area (Å²) in [4.78, 5) is 13.3. The van der Waals surface area contributed by atoms with Gasteiger partial charge in [-0.05, 0) is 29.0 Å². The van der Waals surface area contributed by atoms with E-state index in [2.05, 4.69) is 32.0 Å². The van der Waals surface area contributed by atoms with E-state index >= 15 is 0 Å². The third-order valence-corrected chi connectivity index (χ3v) is 3.35. The Hall–Kier alpha value is -1.31. The second kappa shape index (κ2) is 4.28. The molecular weight excluding hydrogens is 198 g/mol. The maximum atomic E-state index is 11.4. The lowest BCUT2D eigenvalue weighted by atomic mass is 9.93. The molecule has 1 aromatic carbocycles. The lowest BCUT2D eigenvalue weighted by Crippen LogP contribution is -2.34. The van der Waals surface area contributed by atoms with Gasteiger partial charge in [0.05, 0.1) is 0 Å². The SMILES string of the molecule is CC(=O)N1CCc2ccc(C(C)C)cc2C1. The highest BCUT2D eigenvalue weighted by molar-refractivity contribution is 5.73. The molecule has 0 atom stereocenters. The van der Waals surface area contributed by atoms with Crippen molar-refractivity contribution in [1.29, 1.82) is 0 Å². The van der Waals surface area contributed by atoms with Crippen molar-refractivity contribution in [3.8, 4) is 0 Å². The van der Waals surface area contributed by atoms with Crippen LogP contribution in [0.3, 0.4) is 0 Å². The molecule has 16 heavy (non-hydrogen) atoms. The second-order valence-electron chi connectivity index (χ2n) is 4.87. The van der Waals surface area contributed by atoms with E-state index in [0.717, 1.165) is 19.5 Å². The van der Waals surface area contributed by atoms with Gasteiger partial charge < -0.3 is 4.90 Å². The summed E-state index contributed by atoms with van der Waals surface area (Å²) in [6, 6.07) is 6.70. The lowest BCUT2D eigenvalue weighted by Gasteiger charge is -2.28. The van der Waals surface area contributed by atoms with E-state index in [1.165, 1.54) is 16.7 Å². The molecule has 0 aromatic heterocycles. The van der Waals surface area contributed by atoms with Gasteiger partial charge in [-0.25, -0.2) is 0 Å². The van der Waals surface area contributed by atoms with E-state index < -0.39 is 0 Å². The van der Waals surface area contributed by atoms with E-state index in [4.69, 9.17) is 0 Å². The van der Waals surface area contributed by atoms with Gasteiger partial charge in [0.1, 0.15) is 0 Å². The number of hydrogen-bond acceptors (Lipinski definition) is 1. The van der Waals surface area contributed by atoms with Crippen molar-refractivity contribution >= 4 is 5.91 Å². The molecule has 0 N–H and O–H groups in total. The van der Waals surface area contributed by atoms with Crippen LogP contribution in [0.2, 0.25) is 0 Å². The molecule has 1 aliphatic rings. The molecule has 1 aliphatic heterocycles. The van der Waals surface area contributed by atoms with Crippen LogP contribution < -0.4 is 0 Å². The van der Waals surface area contributed by atoms with Crippen molar-refractivity contribution in [3.05, 3.63) is 34.9 Å². The third kappa shape index (κ3) is 2.11. The minimum absolute atomic E-state index is 0.181. The minimum Gasteiger partial charge on any atom is -0.338 e. The fraction of sp³-hybridized carbons (Fsp3) is 0.500. The first-order chi connectivity index (χ1) is 7.58. The van der Waals surface area contributed by atoms with Gasteiger partial charge in [0, 0.05) is 20.0 Å². The predicted molar refractivity (Wildman–Crippen MR) is 65.3 cm³/mol. The molecular formula is C14H19NO. The number of carbonyl (C=O) groups excluding carboxylic acids is 1. The van der Waals surface area contributed by atoms with Gasteiger partial charge in [-0.1, -0.05) is 32.0 Å². The Morgan fingerprint density at radius 3 is 2.69 bits per heavy atom. The first kappa shape index (κ1) is 11.2. The topological polar surface area (TPSA) is 20.3 Å². The van der Waals surface area contributed by atoms with Crippen molar-refractivity contribution < 1.29 is 4.79 Å². The van der Waals surface area contributed by atoms with Crippen molar-refractivity contribution in [2.75, 3.05) is 6.54 Å². The summed E-state index contributed by atoms with van der Waals surface area (Å²) in [5.74, 6) is 0.735. The van der Waals surface area contributed by atoms with Gasteiger partial charge in [0.25, 0.3) is 0 Å². The zero-order chi connectivity index (χ0) is 11.7. The summed E-state index contributed by atoms with van der Waals surface area (Å²) >= 11 is 0. The smallest absolute Gasteiger partial charge is 0.219 e. The maximum Gasteiger partial charge on any atom is 0.219 e. The number of nitrogens with zero attached hydrogens (tertiary/aromatic N) is 1. The number of fused-ring (bicyclic) bond motifs is 1. The summed E-state index contributed by atoms with van der Waals surface area (Å²) in [5.41, 5.74) is 4.10. The molecule has 0 fully saturated rings. The van der Waals surface area contributed by atoms with E-state index in [0.29, 0.717) is 5.92 Å². The van der Waals surface area contributed by atoms with Crippen molar-refractivity contribution in [2.45, 2.75) is 39.7 Å². The highest BCUT2D eigenvalue weighted by Gasteiger charge is 2.18. The summed E-state index contributed by atoms with van der Waals surface area (Å²) in [7, 11) is 0. The van der Waals surface area contributed by atoms with Gasteiger partial charge in [0.2, 0.25) is 5.91 Å². The molecule has 2 nitrogen and oxygen atoms in total. The van der Waals surface area contributed by atoms with Crippen LogP contribution in [-0.2, 0) is 17.8 Å². The monoisotopic (exact) mass is 217 g/mol. The third-order valence-electron chi connectivity index (χ3n) is 3.35. The standard InChI is InChI=1S/C14H19NO/c1-10(2)13-5-4-12-6-7-15(11(3)16)9-14(12)8-13/h4-5,8,10H,6-7,9H2,1-3H3. The summed E-state index contributed by atoms with van der Waals surface area (Å²) in [5, 5.41) is 0. The number of benzene rings is 1. The first-order valence-corrected chi connectivity index (χ1v) is 5.95. The molecule has 0 spiro atoms. The maximum absolute atomic E-state index is 11.4. The van der Waals surface area contributed by atoms with E-state index in [-0.39, 0.29) is 5.91 Å². The Bertz CT molecular complexity index is 409. The van der Waals surface area contributed by atoms with Gasteiger partial charge >= 0.3 is 0 Å². The molecule has 86 valence electrons. The lowest BCUT2D eigenvalue weighted by molar-refractivity contribution is -0.129. The number of hydrogen-bond donors (Lipinski definition) is 0.